The third kappa shape index (κ3) is 6.15. The number of rotatable bonds is 11. The van der Waals surface area contributed by atoms with E-state index in [0.29, 0.717) is 19.4 Å². The Labute approximate surface area is 218 Å². The molecule has 1 atom stereocenters. The fraction of sp³-hybridized carbons (Fsp3) is 0.414. The highest BCUT2D eigenvalue weighted by Gasteiger charge is 2.29. The van der Waals surface area contributed by atoms with Crippen molar-refractivity contribution in [3.63, 3.8) is 0 Å². The van der Waals surface area contributed by atoms with Gasteiger partial charge in [-0.05, 0) is 49.1 Å². The quantitative estimate of drug-likeness (QED) is 0.360. The molecule has 0 saturated carbocycles. The molecule has 1 aliphatic rings. The van der Waals surface area contributed by atoms with E-state index in [9.17, 15) is 9.59 Å². The van der Waals surface area contributed by atoms with Crippen LogP contribution in [0.15, 0.2) is 71.8 Å². The Morgan fingerprint density at radius 2 is 1.73 bits per heavy atom. The molecular formula is C29H36N4O4. The molecule has 196 valence electrons. The molecule has 2 aromatic carbocycles. The van der Waals surface area contributed by atoms with Crippen LogP contribution in [0.1, 0.15) is 56.3 Å². The lowest BCUT2D eigenvalue weighted by Crippen LogP contribution is -2.37. The van der Waals surface area contributed by atoms with Gasteiger partial charge >= 0.3 is 5.69 Å². The van der Waals surface area contributed by atoms with Crippen LogP contribution in [0.2, 0.25) is 0 Å². The number of ether oxygens (including phenoxy) is 2. The molecule has 0 saturated heterocycles. The number of nitrogens with zero attached hydrogens (tertiary/aromatic N) is 4. The molecule has 4 rings (SSSR count). The first kappa shape index (κ1) is 26.7. The minimum Gasteiger partial charge on any atom is -0.356 e. The second-order valence-corrected chi connectivity index (χ2v) is 9.56. The standard InChI is InChI=1S/C29H36N4O4/c1-21(2)33-29(35)32(20-30-33)25-12-10-22(11-13-25)23-16-18-31(19-17-23)28(24-8-6-5-7-9-24)26(34)14-15-27(36-3)37-4/h5-13,16,20-21,27-28H,14-15,17-19H2,1-4H3. The van der Waals surface area contributed by atoms with Crippen molar-refractivity contribution in [2.24, 2.45) is 0 Å². The molecule has 0 bridgehead atoms. The van der Waals surface area contributed by atoms with Gasteiger partial charge in [0.25, 0.3) is 0 Å². The Balaban J connectivity index is 1.48. The number of carbonyl (C=O) groups excluding carboxylic acids is 1. The summed E-state index contributed by atoms with van der Waals surface area (Å²) in [6, 6.07) is 17.7. The number of carbonyl (C=O) groups is 1. The van der Waals surface area contributed by atoms with E-state index in [4.69, 9.17) is 9.47 Å². The highest BCUT2D eigenvalue weighted by molar-refractivity contribution is 5.85. The maximum atomic E-state index is 13.4. The van der Waals surface area contributed by atoms with Crippen LogP contribution in [-0.2, 0) is 14.3 Å². The van der Waals surface area contributed by atoms with Crippen molar-refractivity contribution < 1.29 is 14.3 Å². The lowest BCUT2D eigenvalue weighted by atomic mass is 9.94. The summed E-state index contributed by atoms with van der Waals surface area (Å²) in [5.74, 6) is 0.166. The summed E-state index contributed by atoms with van der Waals surface area (Å²) in [4.78, 5) is 28.2. The van der Waals surface area contributed by atoms with Crippen LogP contribution in [0.5, 0.6) is 0 Å². The molecule has 1 aliphatic heterocycles. The topological polar surface area (TPSA) is 78.6 Å². The number of benzene rings is 2. The number of aromatic nitrogens is 3. The summed E-state index contributed by atoms with van der Waals surface area (Å²) >= 11 is 0. The summed E-state index contributed by atoms with van der Waals surface area (Å²) in [5, 5.41) is 4.21. The third-order valence-electron chi connectivity index (χ3n) is 6.88. The van der Waals surface area contributed by atoms with Crippen LogP contribution in [0.3, 0.4) is 0 Å². The van der Waals surface area contributed by atoms with Crippen molar-refractivity contribution in [3.8, 4) is 5.69 Å². The molecule has 37 heavy (non-hydrogen) atoms. The average molecular weight is 505 g/mol. The first-order valence-electron chi connectivity index (χ1n) is 12.8. The van der Waals surface area contributed by atoms with E-state index in [1.807, 2.05) is 68.4 Å². The molecule has 1 unspecified atom stereocenters. The zero-order valence-electron chi connectivity index (χ0n) is 22.0. The number of ketones is 1. The summed E-state index contributed by atoms with van der Waals surface area (Å²) in [6.07, 6.45) is 5.13. The molecule has 8 nitrogen and oxygen atoms in total. The van der Waals surface area contributed by atoms with Crippen LogP contribution < -0.4 is 5.69 Å². The minimum absolute atomic E-state index is 0.0105. The van der Waals surface area contributed by atoms with Gasteiger partial charge < -0.3 is 9.47 Å². The van der Waals surface area contributed by atoms with E-state index in [-0.39, 0.29) is 29.8 Å². The average Bonchev–Trinajstić information content (AvgIpc) is 3.32. The van der Waals surface area contributed by atoms with Crippen molar-refractivity contribution in [3.05, 3.63) is 88.6 Å². The van der Waals surface area contributed by atoms with Gasteiger partial charge in [-0.15, -0.1) is 0 Å². The molecule has 8 heteroatoms. The molecule has 0 amide bonds. The molecule has 0 N–H and O–H groups in total. The van der Waals surface area contributed by atoms with Gasteiger partial charge in [0.2, 0.25) is 0 Å². The first-order valence-corrected chi connectivity index (χ1v) is 12.8. The maximum absolute atomic E-state index is 13.4. The van der Waals surface area contributed by atoms with Gasteiger partial charge in [0.1, 0.15) is 6.33 Å². The van der Waals surface area contributed by atoms with Gasteiger partial charge in [-0.3, -0.25) is 9.69 Å². The summed E-state index contributed by atoms with van der Waals surface area (Å²) in [6.45, 7) is 5.33. The van der Waals surface area contributed by atoms with Gasteiger partial charge in [0.05, 0.1) is 17.8 Å². The van der Waals surface area contributed by atoms with Crippen LogP contribution in [0, 0.1) is 0 Å². The fourth-order valence-electron chi connectivity index (χ4n) is 4.83. The van der Waals surface area contributed by atoms with Crippen molar-refractivity contribution >= 4 is 11.4 Å². The zero-order chi connectivity index (χ0) is 26.4. The van der Waals surface area contributed by atoms with E-state index in [1.54, 1.807) is 25.1 Å². The number of methoxy groups -OCH3 is 2. The van der Waals surface area contributed by atoms with Gasteiger partial charge in [0.15, 0.2) is 12.1 Å². The van der Waals surface area contributed by atoms with E-state index in [0.717, 1.165) is 29.8 Å². The summed E-state index contributed by atoms with van der Waals surface area (Å²) in [5.41, 5.74) is 4.02. The van der Waals surface area contributed by atoms with Crippen molar-refractivity contribution in [1.82, 2.24) is 19.2 Å². The Morgan fingerprint density at radius 1 is 1.03 bits per heavy atom. The Kier molecular flexibility index (Phi) is 8.87. The Hall–Kier alpha value is -3.33. The highest BCUT2D eigenvalue weighted by Crippen LogP contribution is 2.30. The second-order valence-electron chi connectivity index (χ2n) is 9.56. The van der Waals surface area contributed by atoms with Gasteiger partial charge in [-0.1, -0.05) is 48.5 Å². The second kappa shape index (κ2) is 12.3. The van der Waals surface area contributed by atoms with Gasteiger partial charge in [-0.2, -0.15) is 5.10 Å². The summed E-state index contributed by atoms with van der Waals surface area (Å²) < 4.78 is 13.6. The fourth-order valence-corrected chi connectivity index (χ4v) is 4.83. The van der Waals surface area contributed by atoms with Gasteiger partial charge in [0, 0.05) is 40.2 Å². The predicted octanol–water partition coefficient (Wildman–Crippen LogP) is 4.41. The number of hydrogen-bond donors (Lipinski definition) is 0. The van der Waals surface area contributed by atoms with E-state index >= 15 is 0 Å². The third-order valence-corrected chi connectivity index (χ3v) is 6.88. The van der Waals surface area contributed by atoms with Crippen LogP contribution in [0.25, 0.3) is 11.3 Å². The molecule has 2 heterocycles. The van der Waals surface area contributed by atoms with Crippen molar-refractivity contribution in [2.45, 2.75) is 51.5 Å². The molecule has 3 aromatic rings. The lowest BCUT2D eigenvalue weighted by Gasteiger charge is -2.34. The Morgan fingerprint density at radius 3 is 2.30 bits per heavy atom. The van der Waals surface area contributed by atoms with Crippen molar-refractivity contribution in [1.29, 1.82) is 0 Å². The lowest BCUT2D eigenvalue weighted by molar-refractivity contribution is -0.131. The summed E-state index contributed by atoms with van der Waals surface area (Å²) in [7, 11) is 3.18. The molecular weight excluding hydrogens is 468 g/mol. The van der Waals surface area contributed by atoms with Crippen molar-refractivity contribution in [2.75, 3.05) is 27.3 Å². The molecule has 0 spiro atoms. The largest absolute Gasteiger partial charge is 0.356 e. The monoisotopic (exact) mass is 504 g/mol. The van der Waals surface area contributed by atoms with Crippen LogP contribution >= 0.6 is 0 Å². The zero-order valence-corrected chi connectivity index (χ0v) is 22.0. The van der Waals surface area contributed by atoms with Crippen LogP contribution in [-0.4, -0.2) is 58.6 Å². The van der Waals surface area contributed by atoms with E-state index < -0.39 is 0 Å². The van der Waals surface area contributed by atoms with Gasteiger partial charge in [-0.25, -0.2) is 14.0 Å². The Bertz CT molecular complexity index is 1260. The predicted molar refractivity (Wildman–Crippen MR) is 144 cm³/mol. The maximum Gasteiger partial charge on any atom is 0.350 e. The van der Waals surface area contributed by atoms with E-state index in [2.05, 4.69) is 16.1 Å². The number of Topliss-reactive ketones (excluding diaryl/α,β-unsaturated/α-hetero) is 1. The molecule has 0 aliphatic carbocycles. The molecule has 0 fully saturated rings. The molecule has 1 aromatic heterocycles. The first-order chi connectivity index (χ1) is 17.9. The normalized spacial score (nSPS) is 15.2. The smallest absolute Gasteiger partial charge is 0.350 e. The highest BCUT2D eigenvalue weighted by atomic mass is 16.7. The SMILES string of the molecule is COC(CCC(=O)C(c1ccccc1)N1CC=C(c2ccc(-n3cnn(C(C)C)c3=O)cc2)CC1)OC. The van der Waals surface area contributed by atoms with E-state index in [1.165, 1.54) is 10.3 Å². The minimum atomic E-state index is -0.383. The van der Waals surface area contributed by atoms with Crippen LogP contribution in [0.4, 0.5) is 0 Å². The number of hydrogen-bond acceptors (Lipinski definition) is 6. The molecule has 0 radical (unpaired) electrons.